The molecule has 1 aromatic heterocycles. The molecule has 0 spiro atoms. The predicted molar refractivity (Wildman–Crippen MR) is 65.0 cm³/mol. The maximum Gasteiger partial charge on any atom is 0.123 e. The fourth-order valence-electron chi connectivity index (χ4n) is 1.89. The van der Waals surface area contributed by atoms with Crippen LogP contribution in [0.4, 0.5) is 4.39 Å². The van der Waals surface area contributed by atoms with Gasteiger partial charge in [0.25, 0.3) is 0 Å². The fraction of sp³-hybridized carbons (Fsp3) is 0.308. The third-order valence-electron chi connectivity index (χ3n) is 2.98. The van der Waals surface area contributed by atoms with E-state index in [9.17, 15) is 4.39 Å². The average molecular weight is 233 g/mol. The topological polar surface area (TPSA) is 43.8 Å². The molecule has 1 aromatic carbocycles. The van der Waals surface area contributed by atoms with Gasteiger partial charge in [0.05, 0.1) is 17.9 Å². The smallest absolute Gasteiger partial charge is 0.123 e. The number of aryl methyl sites for hydroxylation is 1. The summed E-state index contributed by atoms with van der Waals surface area (Å²) in [6.45, 7) is 1.93. The van der Waals surface area contributed by atoms with Crippen LogP contribution in [0, 0.1) is 12.7 Å². The van der Waals surface area contributed by atoms with Gasteiger partial charge in [0, 0.05) is 7.05 Å². The van der Waals surface area contributed by atoms with Crippen molar-refractivity contribution in [3.63, 3.8) is 0 Å². The van der Waals surface area contributed by atoms with Crippen molar-refractivity contribution in [1.29, 1.82) is 0 Å². The molecule has 2 rings (SSSR count). The Balaban J connectivity index is 2.17. The van der Waals surface area contributed by atoms with E-state index in [2.05, 4.69) is 4.98 Å². The summed E-state index contributed by atoms with van der Waals surface area (Å²) in [6.07, 6.45) is 2.38. The number of hydrogen-bond acceptors (Lipinski definition) is 2. The van der Waals surface area contributed by atoms with Crippen molar-refractivity contribution >= 4 is 0 Å². The van der Waals surface area contributed by atoms with Crippen LogP contribution in [-0.4, -0.2) is 9.55 Å². The second kappa shape index (κ2) is 4.67. The Morgan fingerprint density at radius 2 is 2.24 bits per heavy atom. The molecule has 1 atom stereocenters. The van der Waals surface area contributed by atoms with Crippen molar-refractivity contribution < 1.29 is 4.39 Å². The average Bonchev–Trinajstić information content (AvgIpc) is 2.60. The molecule has 0 aliphatic rings. The zero-order chi connectivity index (χ0) is 12.4. The summed E-state index contributed by atoms with van der Waals surface area (Å²) < 4.78 is 15.0. The minimum atomic E-state index is -0.226. The molecule has 4 heteroatoms. The number of benzene rings is 1. The summed E-state index contributed by atoms with van der Waals surface area (Å²) in [4.78, 5) is 4.21. The van der Waals surface area contributed by atoms with Gasteiger partial charge in [0.15, 0.2) is 0 Å². The monoisotopic (exact) mass is 233 g/mol. The minimum absolute atomic E-state index is 0.164. The first-order valence-corrected chi connectivity index (χ1v) is 5.56. The molecule has 2 aromatic rings. The van der Waals surface area contributed by atoms with E-state index in [1.54, 1.807) is 12.3 Å². The zero-order valence-electron chi connectivity index (χ0n) is 10.0. The SMILES string of the molecule is Cc1ncc(C(N)Cc2cccc(F)c2)n1C. The standard InChI is InChI=1S/C13H16FN3/c1-9-16-8-13(17(9)2)12(15)7-10-4-3-5-11(14)6-10/h3-6,8,12H,7,15H2,1-2H3. The molecule has 17 heavy (non-hydrogen) atoms. The van der Waals surface area contributed by atoms with Gasteiger partial charge in [0.2, 0.25) is 0 Å². The Kier molecular flexibility index (Phi) is 3.24. The molecule has 0 saturated heterocycles. The van der Waals surface area contributed by atoms with E-state index in [-0.39, 0.29) is 11.9 Å². The molecule has 90 valence electrons. The molecule has 2 N–H and O–H groups in total. The highest BCUT2D eigenvalue weighted by Gasteiger charge is 2.12. The molecule has 0 saturated carbocycles. The number of nitrogens with two attached hydrogens (primary N) is 1. The molecule has 3 nitrogen and oxygen atoms in total. The van der Waals surface area contributed by atoms with Crippen LogP contribution in [0.15, 0.2) is 30.5 Å². The maximum absolute atomic E-state index is 13.0. The van der Waals surface area contributed by atoms with Gasteiger partial charge >= 0.3 is 0 Å². The second-order valence-corrected chi connectivity index (χ2v) is 4.23. The molecule has 0 aliphatic heterocycles. The van der Waals surface area contributed by atoms with Gasteiger partial charge in [0.1, 0.15) is 11.6 Å². The minimum Gasteiger partial charge on any atom is -0.334 e. The summed E-state index contributed by atoms with van der Waals surface area (Å²) in [5.41, 5.74) is 7.97. The van der Waals surface area contributed by atoms with Crippen molar-refractivity contribution in [2.75, 3.05) is 0 Å². The third kappa shape index (κ3) is 2.53. The van der Waals surface area contributed by atoms with E-state index in [0.29, 0.717) is 6.42 Å². The summed E-state index contributed by atoms with van der Waals surface area (Å²) in [7, 11) is 1.93. The second-order valence-electron chi connectivity index (χ2n) is 4.23. The lowest BCUT2D eigenvalue weighted by molar-refractivity contribution is 0.616. The highest BCUT2D eigenvalue weighted by Crippen LogP contribution is 2.17. The third-order valence-corrected chi connectivity index (χ3v) is 2.98. The van der Waals surface area contributed by atoms with Crippen molar-refractivity contribution in [2.24, 2.45) is 12.8 Å². The molecule has 0 fully saturated rings. The first-order chi connectivity index (χ1) is 8.08. The number of rotatable bonds is 3. The number of imidazole rings is 1. The maximum atomic E-state index is 13.0. The van der Waals surface area contributed by atoms with Gasteiger partial charge in [-0.2, -0.15) is 0 Å². The highest BCUT2D eigenvalue weighted by molar-refractivity contribution is 5.20. The van der Waals surface area contributed by atoms with Crippen molar-refractivity contribution in [3.05, 3.63) is 53.4 Å². The summed E-state index contributed by atoms with van der Waals surface area (Å²) >= 11 is 0. The molecular weight excluding hydrogens is 217 g/mol. The largest absolute Gasteiger partial charge is 0.334 e. The Morgan fingerprint density at radius 1 is 1.47 bits per heavy atom. The van der Waals surface area contributed by atoms with Crippen LogP contribution in [0.1, 0.15) is 23.1 Å². The summed E-state index contributed by atoms with van der Waals surface area (Å²) in [5.74, 6) is 0.700. The fourth-order valence-corrected chi connectivity index (χ4v) is 1.89. The first-order valence-electron chi connectivity index (χ1n) is 5.56. The summed E-state index contributed by atoms with van der Waals surface area (Å²) in [5, 5.41) is 0. The van der Waals surface area contributed by atoms with Gasteiger partial charge in [-0.15, -0.1) is 0 Å². The van der Waals surface area contributed by atoms with E-state index in [0.717, 1.165) is 17.1 Å². The van der Waals surface area contributed by atoms with E-state index < -0.39 is 0 Å². The molecule has 0 aliphatic carbocycles. The van der Waals surface area contributed by atoms with Gasteiger partial charge in [-0.3, -0.25) is 0 Å². The van der Waals surface area contributed by atoms with Crippen molar-refractivity contribution in [2.45, 2.75) is 19.4 Å². The van der Waals surface area contributed by atoms with Gasteiger partial charge in [-0.1, -0.05) is 12.1 Å². The predicted octanol–water partition coefficient (Wildman–Crippen LogP) is 2.11. The number of hydrogen-bond donors (Lipinski definition) is 1. The van der Waals surface area contributed by atoms with Crippen LogP contribution in [0.2, 0.25) is 0 Å². The van der Waals surface area contributed by atoms with Crippen LogP contribution in [0.5, 0.6) is 0 Å². The zero-order valence-corrected chi connectivity index (χ0v) is 10.0. The molecule has 1 heterocycles. The van der Waals surface area contributed by atoms with Crippen molar-refractivity contribution in [3.8, 4) is 0 Å². The van der Waals surface area contributed by atoms with Gasteiger partial charge in [-0.25, -0.2) is 9.37 Å². The number of nitrogens with zero attached hydrogens (tertiary/aromatic N) is 2. The summed E-state index contributed by atoms with van der Waals surface area (Å²) in [6, 6.07) is 6.37. The highest BCUT2D eigenvalue weighted by atomic mass is 19.1. The quantitative estimate of drug-likeness (QED) is 0.882. The molecular formula is C13H16FN3. The van der Waals surface area contributed by atoms with E-state index in [1.165, 1.54) is 12.1 Å². The van der Waals surface area contributed by atoms with Crippen LogP contribution < -0.4 is 5.73 Å². The van der Waals surface area contributed by atoms with Crippen LogP contribution >= 0.6 is 0 Å². The Morgan fingerprint density at radius 3 is 2.82 bits per heavy atom. The molecule has 0 amide bonds. The lowest BCUT2D eigenvalue weighted by Crippen LogP contribution is -2.17. The van der Waals surface area contributed by atoms with Gasteiger partial charge < -0.3 is 10.3 Å². The lowest BCUT2D eigenvalue weighted by atomic mass is 10.0. The van der Waals surface area contributed by atoms with Crippen molar-refractivity contribution in [1.82, 2.24) is 9.55 Å². The van der Waals surface area contributed by atoms with E-state index in [1.807, 2.05) is 24.6 Å². The lowest BCUT2D eigenvalue weighted by Gasteiger charge is -2.13. The van der Waals surface area contributed by atoms with Crippen LogP contribution in [0.25, 0.3) is 0 Å². The number of aromatic nitrogens is 2. The first kappa shape index (κ1) is 11.8. The Labute approximate surface area is 100 Å². The van der Waals surface area contributed by atoms with E-state index >= 15 is 0 Å². The normalized spacial score (nSPS) is 12.7. The molecule has 1 unspecified atom stereocenters. The molecule has 0 radical (unpaired) electrons. The Hall–Kier alpha value is -1.68. The number of halogens is 1. The van der Waals surface area contributed by atoms with Crippen LogP contribution in [0.3, 0.4) is 0 Å². The van der Waals surface area contributed by atoms with E-state index in [4.69, 9.17) is 5.73 Å². The van der Waals surface area contributed by atoms with Crippen LogP contribution in [-0.2, 0) is 13.5 Å². The molecule has 0 bridgehead atoms. The van der Waals surface area contributed by atoms with Gasteiger partial charge in [-0.05, 0) is 31.0 Å². The Bertz CT molecular complexity index is 519.